The SMILES string of the molecule is Nc1nc(Nc2ccc(Oc3ccc4[nH]ncc4c3)c(Cl)c2)cc(-c2ccc(Br)cc2)n1. The minimum Gasteiger partial charge on any atom is -0.456 e. The Morgan fingerprint density at radius 3 is 2.62 bits per heavy atom. The number of nitrogen functional groups attached to an aromatic ring is 1. The first-order chi connectivity index (χ1) is 15.5. The summed E-state index contributed by atoms with van der Waals surface area (Å²) in [5.41, 5.74) is 9.26. The van der Waals surface area contributed by atoms with Crippen molar-refractivity contribution in [3.8, 4) is 22.8 Å². The van der Waals surface area contributed by atoms with Crippen molar-refractivity contribution in [3.05, 3.63) is 82.4 Å². The van der Waals surface area contributed by atoms with Gasteiger partial charge in [-0.15, -0.1) is 0 Å². The highest BCUT2D eigenvalue weighted by molar-refractivity contribution is 9.10. The molecule has 0 saturated carbocycles. The van der Waals surface area contributed by atoms with E-state index < -0.39 is 0 Å². The highest BCUT2D eigenvalue weighted by Gasteiger charge is 2.09. The molecule has 32 heavy (non-hydrogen) atoms. The molecule has 0 aliphatic heterocycles. The third-order valence-corrected chi connectivity index (χ3v) is 5.55. The van der Waals surface area contributed by atoms with Crippen LogP contribution in [0.3, 0.4) is 0 Å². The number of nitrogens with one attached hydrogen (secondary N) is 2. The van der Waals surface area contributed by atoms with E-state index in [1.54, 1.807) is 18.3 Å². The van der Waals surface area contributed by atoms with Crippen LogP contribution < -0.4 is 15.8 Å². The van der Waals surface area contributed by atoms with Gasteiger partial charge in [0.25, 0.3) is 0 Å². The molecule has 5 rings (SSSR count). The largest absolute Gasteiger partial charge is 0.456 e. The number of nitrogens with zero attached hydrogens (tertiary/aromatic N) is 3. The van der Waals surface area contributed by atoms with E-state index >= 15 is 0 Å². The molecule has 9 heteroatoms. The highest BCUT2D eigenvalue weighted by atomic mass is 79.9. The third-order valence-electron chi connectivity index (χ3n) is 4.73. The van der Waals surface area contributed by atoms with Crippen molar-refractivity contribution >= 4 is 55.9 Å². The minimum absolute atomic E-state index is 0.175. The summed E-state index contributed by atoms with van der Waals surface area (Å²) < 4.78 is 6.94. The maximum absolute atomic E-state index is 6.47. The lowest BCUT2D eigenvalue weighted by atomic mass is 10.1. The third kappa shape index (κ3) is 4.37. The lowest BCUT2D eigenvalue weighted by Gasteiger charge is -2.12. The number of anilines is 3. The van der Waals surface area contributed by atoms with Crippen LogP contribution in [0.5, 0.6) is 11.5 Å². The Labute approximate surface area is 196 Å². The smallest absolute Gasteiger partial charge is 0.222 e. The van der Waals surface area contributed by atoms with Crippen molar-refractivity contribution in [1.82, 2.24) is 20.2 Å². The summed E-state index contributed by atoms with van der Waals surface area (Å²) in [4.78, 5) is 8.61. The fraction of sp³-hybridized carbons (Fsp3) is 0. The van der Waals surface area contributed by atoms with Crippen LogP contribution in [0.4, 0.5) is 17.5 Å². The van der Waals surface area contributed by atoms with E-state index in [1.807, 2.05) is 54.6 Å². The van der Waals surface area contributed by atoms with E-state index in [0.29, 0.717) is 28.0 Å². The molecule has 0 amide bonds. The molecule has 0 saturated heterocycles. The fourth-order valence-electron chi connectivity index (χ4n) is 3.22. The van der Waals surface area contributed by atoms with Gasteiger partial charge in [0, 0.05) is 27.2 Å². The second kappa shape index (κ2) is 8.49. The predicted molar refractivity (Wildman–Crippen MR) is 130 cm³/mol. The lowest BCUT2D eigenvalue weighted by molar-refractivity contribution is 0.484. The van der Waals surface area contributed by atoms with Gasteiger partial charge in [-0.25, -0.2) is 4.98 Å². The van der Waals surface area contributed by atoms with Crippen molar-refractivity contribution in [2.24, 2.45) is 0 Å². The second-order valence-electron chi connectivity index (χ2n) is 6.99. The molecule has 158 valence electrons. The van der Waals surface area contributed by atoms with E-state index in [4.69, 9.17) is 22.1 Å². The second-order valence-corrected chi connectivity index (χ2v) is 8.32. The summed E-state index contributed by atoms with van der Waals surface area (Å²) in [6.07, 6.45) is 1.74. The fourth-order valence-corrected chi connectivity index (χ4v) is 3.70. The molecule has 0 bridgehead atoms. The summed E-state index contributed by atoms with van der Waals surface area (Å²) >= 11 is 9.91. The van der Waals surface area contributed by atoms with Gasteiger partial charge >= 0.3 is 0 Å². The molecule has 2 heterocycles. The van der Waals surface area contributed by atoms with E-state index in [1.165, 1.54) is 0 Å². The number of aromatic nitrogens is 4. The molecule has 0 spiro atoms. The average molecular weight is 508 g/mol. The van der Waals surface area contributed by atoms with Crippen LogP contribution in [0.15, 0.2) is 77.4 Å². The molecule has 3 aromatic carbocycles. The van der Waals surface area contributed by atoms with Gasteiger partial charge in [-0.1, -0.05) is 39.7 Å². The van der Waals surface area contributed by atoms with Crippen LogP contribution in [-0.2, 0) is 0 Å². The number of hydrogen-bond acceptors (Lipinski definition) is 6. The van der Waals surface area contributed by atoms with Gasteiger partial charge in [-0.3, -0.25) is 5.10 Å². The Hall–Kier alpha value is -3.62. The van der Waals surface area contributed by atoms with Crippen molar-refractivity contribution in [2.75, 3.05) is 11.1 Å². The summed E-state index contributed by atoms with van der Waals surface area (Å²) in [5.74, 6) is 1.95. The van der Waals surface area contributed by atoms with Crippen LogP contribution in [-0.4, -0.2) is 20.2 Å². The number of nitrogens with two attached hydrogens (primary N) is 1. The summed E-state index contributed by atoms with van der Waals surface area (Å²) in [5, 5.41) is 11.6. The molecular weight excluding hydrogens is 492 g/mol. The number of H-pyrrole nitrogens is 1. The summed E-state index contributed by atoms with van der Waals surface area (Å²) in [6, 6.07) is 20.7. The normalized spacial score (nSPS) is 10.9. The Balaban J connectivity index is 1.36. The van der Waals surface area contributed by atoms with Crippen LogP contribution in [0, 0.1) is 0 Å². The summed E-state index contributed by atoms with van der Waals surface area (Å²) in [7, 11) is 0. The highest BCUT2D eigenvalue weighted by Crippen LogP contribution is 2.34. The van der Waals surface area contributed by atoms with Gasteiger partial charge in [-0.2, -0.15) is 10.1 Å². The standard InChI is InChI=1S/C23H16BrClN6O/c24-15-3-1-13(2-4-15)20-11-22(30-23(26)29-20)28-16-5-8-21(18(25)10-16)32-17-6-7-19-14(9-17)12-27-31-19/h1-12H,(H,27,31)(H3,26,28,29,30). The number of halogens is 2. The Bertz CT molecular complexity index is 1420. The molecule has 0 atom stereocenters. The molecule has 0 aliphatic rings. The number of fused-ring (bicyclic) bond motifs is 1. The first-order valence-corrected chi connectivity index (χ1v) is 10.8. The zero-order valence-electron chi connectivity index (χ0n) is 16.5. The van der Waals surface area contributed by atoms with Gasteiger partial charge in [0.2, 0.25) is 5.95 Å². The molecule has 0 fully saturated rings. The molecule has 7 nitrogen and oxygen atoms in total. The first-order valence-electron chi connectivity index (χ1n) is 9.61. The van der Waals surface area contributed by atoms with Gasteiger partial charge in [0.1, 0.15) is 17.3 Å². The minimum atomic E-state index is 0.175. The zero-order valence-corrected chi connectivity index (χ0v) is 18.9. The topological polar surface area (TPSA) is 102 Å². The number of aromatic amines is 1. The molecule has 5 aromatic rings. The van der Waals surface area contributed by atoms with Crippen molar-refractivity contribution in [3.63, 3.8) is 0 Å². The first kappa shape index (κ1) is 20.3. The molecule has 2 aromatic heterocycles. The maximum atomic E-state index is 6.47. The van der Waals surface area contributed by atoms with Gasteiger partial charge in [-0.05, 0) is 48.5 Å². The monoisotopic (exact) mass is 506 g/mol. The van der Waals surface area contributed by atoms with E-state index in [9.17, 15) is 0 Å². The molecular formula is C23H16BrClN6O. The van der Waals surface area contributed by atoms with Crippen LogP contribution in [0.2, 0.25) is 5.02 Å². The van der Waals surface area contributed by atoms with Crippen molar-refractivity contribution in [1.29, 1.82) is 0 Å². The molecule has 4 N–H and O–H groups in total. The Kier molecular flexibility index (Phi) is 5.38. The molecule has 0 unspecified atom stereocenters. The van der Waals surface area contributed by atoms with E-state index in [0.717, 1.165) is 26.6 Å². The lowest BCUT2D eigenvalue weighted by Crippen LogP contribution is -2.01. The Morgan fingerprint density at radius 2 is 1.81 bits per heavy atom. The Morgan fingerprint density at radius 1 is 0.969 bits per heavy atom. The van der Waals surface area contributed by atoms with Gasteiger partial charge < -0.3 is 15.8 Å². The number of benzene rings is 3. The number of hydrogen-bond donors (Lipinski definition) is 3. The van der Waals surface area contributed by atoms with Crippen molar-refractivity contribution in [2.45, 2.75) is 0 Å². The van der Waals surface area contributed by atoms with Crippen LogP contribution >= 0.6 is 27.5 Å². The summed E-state index contributed by atoms with van der Waals surface area (Å²) in [6.45, 7) is 0. The van der Waals surface area contributed by atoms with Crippen LogP contribution in [0.25, 0.3) is 22.2 Å². The number of rotatable bonds is 5. The van der Waals surface area contributed by atoms with Crippen molar-refractivity contribution < 1.29 is 4.74 Å². The predicted octanol–water partition coefficient (Wildman–Crippen LogP) is 6.55. The van der Waals surface area contributed by atoms with Gasteiger partial charge in [0.05, 0.1) is 22.4 Å². The van der Waals surface area contributed by atoms with E-state index in [2.05, 4.69) is 41.4 Å². The number of ether oxygens (including phenoxy) is 1. The maximum Gasteiger partial charge on any atom is 0.222 e. The average Bonchev–Trinajstić information content (AvgIpc) is 3.24. The molecule has 0 radical (unpaired) electrons. The van der Waals surface area contributed by atoms with E-state index in [-0.39, 0.29) is 5.95 Å². The van der Waals surface area contributed by atoms with Gasteiger partial charge in [0.15, 0.2) is 0 Å². The van der Waals surface area contributed by atoms with Crippen LogP contribution in [0.1, 0.15) is 0 Å². The zero-order chi connectivity index (χ0) is 22.1. The molecule has 0 aliphatic carbocycles. The quantitative estimate of drug-likeness (QED) is 0.249.